The van der Waals surface area contributed by atoms with Crippen LogP contribution in [0.5, 0.6) is 0 Å². The standard InChI is InChI=1S/C15H26O2/c1-10-5-6-12(16)15(4)8-7-11(13(10)15)9-14(2,3)17/h11-13,16-17H,1,5-9H2,2-4H3. The Labute approximate surface area is 105 Å². The van der Waals surface area contributed by atoms with Crippen molar-refractivity contribution in [3.8, 4) is 0 Å². The van der Waals surface area contributed by atoms with Gasteiger partial charge >= 0.3 is 0 Å². The van der Waals surface area contributed by atoms with Crippen LogP contribution in [-0.4, -0.2) is 21.9 Å². The first-order chi connectivity index (χ1) is 7.74. The molecule has 0 amide bonds. The Balaban J connectivity index is 2.21. The van der Waals surface area contributed by atoms with Crippen molar-refractivity contribution in [3.63, 3.8) is 0 Å². The maximum absolute atomic E-state index is 10.3. The van der Waals surface area contributed by atoms with E-state index in [4.69, 9.17) is 0 Å². The summed E-state index contributed by atoms with van der Waals surface area (Å²) in [6.45, 7) is 10.2. The average Bonchev–Trinajstić information content (AvgIpc) is 2.50. The zero-order chi connectivity index (χ0) is 12.8. The van der Waals surface area contributed by atoms with Gasteiger partial charge in [-0.05, 0) is 57.8 Å². The summed E-state index contributed by atoms with van der Waals surface area (Å²) < 4.78 is 0. The third-order valence-electron chi connectivity index (χ3n) is 4.94. The summed E-state index contributed by atoms with van der Waals surface area (Å²) in [5.41, 5.74) is 0.689. The lowest BCUT2D eigenvalue weighted by Crippen LogP contribution is -2.42. The molecule has 0 aromatic rings. The highest BCUT2D eigenvalue weighted by molar-refractivity contribution is 5.18. The topological polar surface area (TPSA) is 40.5 Å². The van der Waals surface area contributed by atoms with Crippen molar-refractivity contribution < 1.29 is 10.2 Å². The lowest BCUT2D eigenvalue weighted by atomic mass is 9.63. The zero-order valence-electron chi connectivity index (χ0n) is 11.4. The molecule has 98 valence electrons. The van der Waals surface area contributed by atoms with Crippen LogP contribution in [0, 0.1) is 17.3 Å². The van der Waals surface area contributed by atoms with Gasteiger partial charge < -0.3 is 10.2 Å². The molecule has 0 radical (unpaired) electrons. The van der Waals surface area contributed by atoms with E-state index in [0.717, 1.165) is 32.1 Å². The minimum Gasteiger partial charge on any atom is -0.393 e. The van der Waals surface area contributed by atoms with Gasteiger partial charge in [0, 0.05) is 5.41 Å². The van der Waals surface area contributed by atoms with Gasteiger partial charge in [0.05, 0.1) is 11.7 Å². The molecule has 17 heavy (non-hydrogen) atoms. The molecule has 0 aliphatic heterocycles. The molecule has 0 heterocycles. The van der Waals surface area contributed by atoms with Crippen molar-refractivity contribution in [3.05, 3.63) is 12.2 Å². The van der Waals surface area contributed by atoms with Gasteiger partial charge in [-0.25, -0.2) is 0 Å². The SMILES string of the molecule is C=C1CCC(O)C2(C)CCC(CC(C)(C)O)C12. The van der Waals surface area contributed by atoms with Crippen molar-refractivity contribution in [2.45, 2.75) is 64.6 Å². The van der Waals surface area contributed by atoms with Gasteiger partial charge in [-0.15, -0.1) is 0 Å². The summed E-state index contributed by atoms with van der Waals surface area (Å²) in [6, 6.07) is 0. The Hall–Kier alpha value is -0.340. The third-order valence-corrected chi connectivity index (χ3v) is 4.94. The monoisotopic (exact) mass is 238 g/mol. The first-order valence-electron chi connectivity index (χ1n) is 6.82. The fourth-order valence-electron chi connectivity index (χ4n) is 4.20. The van der Waals surface area contributed by atoms with Gasteiger partial charge in [-0.3, -0.25) is 0 Å². The van der Waals surface area contributed by atoms with E-state index in [1.807, 2.05) is 13.8 Å². The van der Waals surface area contributed by atoms with Crippen molar-refractivity contribution in [1.29, 1.82) is 0 Å². The largest absolute Gasteiger partial charge is 0.393 e. The van der Waals surface area contributed by atoms with Crippen LogP contribution in [0.2, 0.25) is 0 Å². The van der Waals surface area contributed by atoms with Gasteiger partial charge in [0.2, 0.25) is 0 Å². The Bertz CT molecular complexity index is 315. The molecule has 2 fully saturated rings. The Morgan fingerprint density at radius 3 is 2.65 bits per heavy atom. The van der Waals surface area contributed by atoms with Crippen molar-refractivity contribution in [1.82, 2.24) is 0 Å². The van der Waals surface area contributed by atoms with E-state index in [1.165, 1.54) is 5.57 Å². The molecule has 0 spiro atoms. The summed E-state index contributed by atoms with van der Waals surface area (Å²) >= 11 is 0. The molecule has 2 rings (SSSR count). The Morgan fingerprint density at radius 2 is 2.06 bits per heavy atom. The molecule has 2 heteroatoms. The predicted molar refractivity (Wildman–Crippen MR) is 69.6 cm³/mol. The van der Waals surface area contributed by atoms with Crippen LogP contribution in [0.3, 0.4) is 0 Å². The molecule has 2 aliphatic rings. The normalized spacial score (nSPS) is 42.6. The second-order valence-corrected chi connectivity index (χ2v) is 7.01. The summed E-state index contributed by atoms with van der Waals surface area (Å²) in [4.78, 5) is 0. The van der Waals surface area contributed by atoms with Crippen LogP contribution in [0.25, 0.3) is 0 Å². The maximum Gasteiger partial charge on any atom is 0.0602 e. The lowest BCUT2D eigenvalue weighted by Gasteiger charge is -2.44. The highest BCUT2D eigenvalue weighted by Crippen LogP contribution is 2.57. The summed E-state index contributed by atoms with van der Waals surface area (Å²) in [7, 11) is 0. The number of hydrogen-bond acceptors (Lipinski definition) is 2. The number of aliphatic hydroxyl groups excluding tert-OH is 1. The van der Waals surface area contributed by atoms with Gasteiger partial charge in [-0.2, -0.15) is 0 Å². The maximum atomic E-state index is 10.3. The second kappa shape index (κ2) is 4.10. The van der Waals surface area contributed by atoms with Crippen LogP contribution in [-0.2, 0) is 0 Å². The molecule has 2 N–H and O–H groups in total. The molecule has 2 saturated carbocycles. The molecule has 0 aromatic heterocycles. The van der Waals surface area contributed by atoms with Gasteiger partial charge in [0.1, 0.15) is 0 Å². The summed E-state index contributed by atoms with van der Waals surface area (Å²) in [5, 5.41) is 20.3. The van der Waals surface area contributed by atoms with Gasteiger partial charge in [-0.1, -0.05) is 19.1 Å². The quantitative estimate of drug-likeness (QED) is 0.726. The lowest BCUT2D eigenvalue weighted by molar-refractivity contribution is -0.0212. The van der Waals surface area contributed by atoms with Crippen LogP contribution < -0.4 is 0 Å². The van der Waals surface area contributed by atoms with E-state index in [2.05, 4.69) is 13.5 Å². The molecule has 2 nitrogen and oxygen atoms in total. The smallest absolute Gasteiger partial charge is 0.0602 e. The van der Waals surface area contributed by atoms with Crippen molar-refractivity contribution in [2.24, 2.45) is 17.3 Å². The van der Waals surface area contributed by atoms with Gasteiger partial charge in [0.25, 0.3) is 0 Å². The number of aliphatic hydroxyl groups is 2. The van der Waals surface area contributed by atoms with Crippen LogP contribution in [0.1, 0.15) is 52.9 Å². The fraction of sp³-hybridized carbons (Fsp3) is 0.867. The number of rotatable bonds is 2. The average molecular weight is 238 g/mol. The third kappa shape index (κ3) is 2.30. The first-order valence-corrected chi connectivity index (χ1v) is 6.82. The summed E-state index contributed by atoms with van der Waals surface area (Å²) in [5.74, 6) is 0.889. The minimum absolute atomic E-state index is 0.00521. The van der Waals surface area contributed by atoms with Gasteiger partial charge in [0.15, 0.2) is 0 Å². The van der Waals surface area contributed by atoms with E-state index in [-0.39, 0.29) is 11.5 Å². The molecule has 4 atom stereocenters. The first kappa shape index (κ1) is 13.1. The highest BCUT2D eigenvalue weighted by Gasteiger charge is 2.52. The van der Waals surface area contributed by atoms with Crippen molar-refractivity contribution in [2.75, 3.05) is 0 Å². The number of allylic oxidation sites excluding steroid dienone is 1. The summed E-state index contributed by atoms with van der Waals surface area (Å²) in [6.07, 6.45) is 4.62. The molecule has 0 bridgehead atoms. The van der Waals surface area contributed by atoms with E-state index in [0.29, 0.717) is 11.8 Å². The van der Waals surface area contributed by atoms with E-state index < -0.39 is 5.60 Å². The Kier molecular flexibility index (Phi) is 3.16. The Morgan fingerprint density at radius 1 is 1.41 bits per heavy atom. The minimum atomic E-state index is -0.613. The molecular formula is C15H26O2. The van der Waals surface area contributed by atoms with E-state index >= 15 is 0 Å². The number of fused-ring (bicyclic) bond motifs is 1. The van der Waals surface area contributed by atoms with Crippen LogP contribution in [0.15, 0.2) is 12.2 Å². The van der Waals surface area contributed by atoms with E-state index in [1.54, 1.807) is 0 Å². The molecule has 0 aromatic carbocycles. The molecule has 4 unspecified atom stereocenters. The highest BCUT2D eigenvalue weighted by atomic mass is 16.3. The number of hydrogen-bond donors (Lipinski definition) is 2. The predicted octanol–water partition coefficient (Wildman–Crippen LogP) is 2.89. The molecule has 0 saturated heterocycles. The zero-order valence-corrected chi connectivity index (χ0v) is 11.4. The molecular weight excluding hydrogens is 212 g/mol. The van der Waals surface area contributed by atoms with Crippen LogP contribution in [0.4, 0.5) is 0 Å². The fourth-order valence-corrected chi connectivity index (χ4v) is 4.20. The van der Waals surface area contributed by atoms with E-state index in [9.17, 15) is 10.2 Å². The van der Waals surface area contributed by atoms with Crippen molar-refractivity contribution >= 4 is 0 Å². The van der Waals surface area contributed by atoms with Crippen LogP contribution >= 0.6 is 0 Å². The second-order valence-electron chi connectivity index (χ2n) is 7.01. The molecule has 2 aliphatic carbocycles.